The molecule has 1 N–H and O–H groups in total. The molecule has 38 heavy (non-hydrogen) atoms. The quantitative estimate of drug-likeness (QED) is 0.250. The number of thiazole rings is 1. The van der Waals surface area contributed by atoms with Gasteiger partial charge < -0.3 is 14.5 Å². The van der Waals surface area contributed by atoms with E-state index in [1.807, 2.05) is 6.07 Å². The first kappa shape index (κ1) is 25.3. The molecule has 6 nitrogen and oxygen atoms in total. The van der Waals surface area contributed by atoms with Crippen LogP contribution in [0.1, 0.15) is 60.2 Å². The molecule has 1 aliphatic heterocycles. The Kier molecular flexibility index (Phi) is 6.66. The Bertz CT molecular complexity index is 1570. The van der Waals surface area contributed by atoms with E-state index >= 15 is 0 Å². The van der Waals surface area contributed by atoms with Crippen molar-refractivity contribution in [3.05, 3.63) is 68.7 Å². The lowest BCUT2D eigenvalue weighted by molar-refractivity contribution is 0.0696. The van der Waals surface area contributed by atoms with Crippen LogP contribution < -0.4 is 4.90 Å². The van der Waals surface area contributed by atoms with Gasteiger partial charge in [-0.25, -0.2) is 14.2 Å². The fourth-order valence-corrected chi connectivity index (χ4v) is 6.75. The van der Waals surface area contributed by atoms with Crippen LogP contribution in [0, 0.1) is 11.7 Å². The number of benzene rings is 2. The summed E-state index contributed by atoms with van der Waals surface area (Å²) < 4.78 is 20.8. The van der Waals surface area contributed by atoms with Crippen molar-refractivity contribution in [2.45, 2.75) is 38.5 Å². The normalized spacial score (nSPS) is 16.9. The zero-order chi connectivity index (χ0) is 26.6. The molecule has 0 radical (unpaired) electrons. The average molecular weight is 572 g/mol. The van der Waals surface area contributed by atoms with Crippen LogP contribution in [-0.4, -0.2) is 34.3 Å². The summed E-state index contributed by atoms with van der Waals surface area (Å²) in [6, 6.07) is 7.94. The number of rotatable bonds is 6. The highest BCUT2D eigenvalue weighted by molar-refractivity contribution is 7.22. The second-order valence-electron chi connectivity index (χ2n) is 9.94. The van der Waals surface area contributed by atoms with Gasteiger partial charge in [-0.1, -0.05) is 51.3 Å². The number of carboxylic acid groups (broad SMARTS) is 1. The molecule has 4 aromatic rings. The SMILES string of the molecule is CC(=Cc1c(-c2c(Cl)cccc2Cl)noc1C1CC1)C1CCN(c2nc3c(F)cc(C(=O)O)cc3s2)CC1. The molecule has 1 saturated carbocycles. The van der Waals surface area contributed by atoms with Gasteiger partial charge in [0.2, 0.25) is 0 Å². The van der Waals surface area contributed by atoms with E-state index in [2.05, 4.69) is 28.0 Å². The zero-order valence-electron chi connectivity index (χ0n) is 20.5. The summed E-state index contributed by atoms with van der Waals surface area (Å²) in [4.78, 5) is 17.9. The summed E-state index contributed by atoms with van der Waals surface area (Å²) in [5, 5.41) is 15.4. The van der Waals surface area contributed by atoms with Gasteiger partial charge >= 0.3 is 5.97 Å². The molecule has 196 valence electrons. The highest BCUT2D eigenvalue weighted by Crippen LogP contribution is 2.47. The molecule has 2 aromatic carbocycles. The molecule has 2 aliphatic rings. The molecule has 0 amide bonds. The van der Waals surface area contributed by atoms with Crippen molar-refractivity contribution in [3.8, 4) is 11.3 Å². The monoisotopic (exact) mass is 571 g/mol. The van der Waals surface area contributed by atoms with E-state index in [1.165, 1.54) is 23.0 Å². The van der Waals surface area contributed by atoms with Gasteiger partial charge in [0.1, 0.15) is 17.0 Å². The lowest BCUT2D eigenvalue weighted by atomic mass is 9.88. The third-order valence-corrected chi connectivity index (χ3v) is 9.06. The van der Waals surface area contributed by atoms with E-state index in [9.17, 15) is 14.3 Å². The average Bonchev–Trinajstić information content (AvgIpc) is 3.51. The smallest absolute Gasteiger partial charge is 0.335 e. The van der Waals surface area contributed by atoms with Crippen LogP contribution >= 0.6 is 34.5 Å². The first-order valence-corrected chi connectivity index (χ1v) is 14.1. The predicted molar refractivity (Wildman–Crippen MR) is 149 cm³/mol. The summed E-state index contributed by atoms with van der Waals surface area (Å²) in [6.45, 7) is 3.68. The minimum atomic E-state index is -1.15. The number of hydrogen-bond donors (Lipinski definition) is 1. The number of fused-ring (bicyclic) bond motifs is 1. The number of anilines is 1. The Hall–Kier alpha value is -2.94. The third kappa shape index (κ3) is 4.70. The second kappa shape index (κ2) is 9.98. The van der Waals surface area contributed by atoms with Crippen molar-refractivity contribution in [1.29, 1.82) is 0 Å². The Morgan fingerprint density at radius 1 is 1.18 bits per heavy atom. The van der Waals surface area contributed by atoms with Crippen molar-refractivity contribution in [2.75, 3.05) is 18.0 Å². The molecule has 1 aliphatic carbocycles. The molecule has 0 bridgehead atoms. The van der Waals surface area contributed by atoms with Crippen molar-refractivity contribution in [3.63, 3.8) is 0 Å². The van der Waals surface area contributed by atoms with Crippen LogP contribution in [0.4, 0.5) is 9.52 Å². The van der Waals surface area contributed by atoms with Crippen LogP contribution in [0.3, 0.4) is 0 Å². The Morgan fingerprint density at radius 3 is 2.55 bits per heavy atom. The molecule has 2 fully saturated rings. The number of hydrogen-bond acceptors (Lipinski definition) is 6. The predicted octanol–water partition coefficient (Wildman–Crippen LogP) is 8.29. The zero-order valence-corrected chi connectivity index (χ0v) is 22.8. The fourth-order valence-electron chi connectivity index (χ4n) is 5.10. The largest absolute Gasteiger partial charge is 0.478 e. The molecule has 2 aromatic heterocycles. The van der Waals surface area contributed by atoms with Crippen LogP contribution in [-0.2, 0) is 0 Å². The maximum absolute atomic E-state index is 14.5. The van der Waals surface area contributed by atoms with Crippen LogP contribution in [0.2, 0.25) is 10.0 Å². The molecule has 3 heterocycles. The topological polar surface area (TPSA) is 79.5 Å². The van der Waals surface area contributed by atoms with Gasteiger partial charge in [0, 0.05) is 30.1 Å². The molecule has 0 atom stereocenters. The number of aromatic nitrogens is 2. The van der Waals surface area contributed by atoms with Crippen molar-refractivity contribution < 1.29 is 18.8 Å². The van der Waals surface area contributed by atoms with Gasteiger partial charge in [-0.2, -0.15) is 0 Å². The van der Waals surface area contributed by atoms with Crippen molar-refractivity contribution in [1.82, 2.24) is 10.1 Å². The number of aromatic carboxylic acids is 1. The Balaban J connectivity index is 1.24. The minimum absolute atomic E-state index is 0.0681. The summed E-state index contributed by atoms with van der Waals surface area (Å²) in [6.07, 6.45) is 6.17. The van der Waals surface area contributed by atoms with E-state index in [1.54, 1.807) is 12.1 Å². The van der Waals surface area contributed by atoms with E-state index in [0.29, 0.717) is 43.0 Å². The Morgan fingerprint density at radius 2 is 1.89 bits per heavy atom. The minimum Gasteiger partial charge on any atom is -0.478 e. The van der Waals surface area contributed by atoms with E-state index in [0.717, 1.165) is 56.2 Å². The van der Waals surface area contributed by atoms with Gasteiger partial charge in [0.15, 0.2) is 10.9 Å². The second-order valence-corrected chi connectivity index (χ2v) is 11.8. The number of nitrogens with zero attached hydrogens (tertiary/aromatic N) is 3. The molecular formula is C28H24Cl2FN3O3S. The van der Waals surface area contributed by atoms with E-state index in [4.69, 9.17) is 27.7 Å². The first-order chi connectivity index (χ1) is 18.3. The van der Waals surface area contributed by atoms with Crippen LogP contribution in [0.25, 0.3) is 27.6 Å². The lowest BCUT2D eigenvalue weighted by Gasteiger charge is -2.32. The molecule has 1 saturated heterocycles. The maximum Gasteiger partial charge on any atom is 0.335 e. The van der Waals surface area contributed by atoms with Gasteiger partial charge in [-0.3, -0.25) is 0 Å². The third-order valence-electron chi connectivity index (χ3n) is 7.37. The van der Waals surface area contributed by atoms with Crippen molar-refractivity contribution >= 4 is 61.9 Å². The number of piperidine rings is 1. The summed E-state index contributed by atoms with van der Waals surface area (Å²) in [5.41, 5.74) is 3.71. The molecular weight excluding hydrogens is 548 g/mol. The summed E-state index contributed by atoms with van der Waals surface area (Å²) in [5.74, 6) is -0.135. The fraction of sp³-hybridized carbons (Fsp3) is 0.321. The summed E-state index contributed by atoms with van der Waals surface area (Å²) in [7, 11) is 0. The van der Waals surface area contributed by atoms with E-state index < -0.39 is 11.8 Å². The Labute approximate surface area is 232 Å². The molecule has 10 heteroatoms. The number of carbonyl (C=O) groups is 1. The van der Waals surface area contributed by atoms with Gasteiger partial charge in [0.25, 0.3) is 0 Å². The van der Waals surface area contributed by atoms with Crippen molar-refractivity contribution in [2.24, 2.45) is 5.92 Å². The molecule has 0 unspecified atom stereocenters. The first-order valence-electron chi connectivity index (χ1n) is 12.5. The summed E-state index contributed by atoms with van der Waals surface area (Å²) >= 11 is 14.4. The maximum atomic E-state index is 14.5. The molecule has 6 rings (SSSR count). The highest BCUT2D eigenvalue weighted by Gasteiger charge is 2.33. The standard InChI is InChI=1S/C28H24Cl2FN3O3S/c1-14(11-18-24(33-37-26(18)16-5-6-16)23-19(29)3-2-4-20(23)30)15-7-9-34(10-8-15)28-32-25-21(31)12-17(27(35)36)13-22(25)38-28/h2-4,11-13,15-16H,5-10H2,1H3,(H,35,36). The van der Waals surface area contributed by atoms with Gasteiger partial charge in [-0.15, -0.1) is 0 Å². The number of carboxylic acids is 1. The van der Waals surface area contributed by atoms with Gasteiger partial charge in [-0.05, 0) is 68.9 Å². The van der Waals surface area contributed by atoms with Crippen LogP contribution in [0.5, 0.6) is 0 Å². The number of allylic oxidation sites excluding steroid dienone is 1. The van der Waals surface area contributed by atoms with Gasteiger partial charge in [0.05, 0.1) is 20.3 Å². The highest BCUT2D eigenvalue weighted by atomic mass is 35.5. The molecule has 0 spiro atoms. The lowest BCUT2D eigenvalue weighted by Crippen LogP contribution is -2.33. The van der Waals surface area contributed by atoms with E-state index in [-0.39, 0.29) is 11.1 Å². The number of halogens is 3. The van der Waals surface area contributed by atoms with Crippen LogP contribution in [0.15, 0.2) is 40.4 Å².